The third-order valence-electron chi connectivity index (χ3n) is 4.31. The summed E-state index contributed by atoms with van der Waals surface area (Å²) in [5.74, 6) is -0.322. The molecule has 0 heterocycles. The maximum Gasteiger partial charge on any atom is 0.261 e. The predicted octanol–water partition coefficient (Wildman–Crippen LogP) is 3.52. The minimum absolute atomic E-state index is 0.00894. The molecule has 8 nitrogen and oxygen atoms in total. The quantitative estimate of drug-likeness (QED) is 0.463. The molecule has 0 bridgehead atoms. The molecule has 166 valence electrons. The van der Waals surface area contributed by atoms with Crippen molar-refractivity contribution in [2.75, 3.05) is 23.7 Å². The third-order valence-corrected chi connectivity index (χ3v) is 5.96. The molecule has 3 rings (SSSR count). The number of anilines is 2. The number of halogens is 1. The number of benzene rings is 3. The molecule has 0 aromatic heterocycles. The van der Waals surface area contributed by atoms with E-state index in [9.17, 15) is 18.0 Å². The van der Waals surface area contributed by atoms with Crippen LogP contribution in [0.15, 0.2) is 77.7 Å². The monoisotopic (exact) mass is 473 g/mol. The van der Waals surface area contributed by atoms with Crippen LogP contribution in [-0.4, -0.2) is 33.9 Å². The van der Waals surface area contributed by atoms with Crippen molar-refractivity contribution in [3.8, 4) is 5.75 Å². The Labute approximate surface area is 190 Å². The van der Waals surface area contributed by atoms with Crippen molar-refractivity contribution in [3.63, 3.8) is 0 Å². The van der Waals surface area contributed by atoms with E-state index < -0.39 is 21.8 Å². The zero-order valence-electron chi connectivity index (χ0n) is 17.0. The lowest BCUT2D eigenvalue weighted by Gasteiger charge is -2.10. The molecule has 3 N–H and O–H groups in total. The van der Waals surface area contributed by atoms with E-state index in [0.717, 1.165) is 0 Å². The van der Waals surface area contributed by atoms with Crippen LogP contribution < -0.4 is 20.1 Å². The Balaban J connectivity index is 1.57. The van der Waals surface area contributed by atoms with E-state index in [1.807, 2.05) is 0 Å². The number of ether oxygens (including phenoxy) is 1. The summed E-state index contributed by atoms with van der Waals surface area (Å²) in [5.41, 5.74) is 1.14. The highest BCUT2D eigenvalue weighted by Crippen LogP contribution is 2.19. The molecular weight excluding hydrogens is 454 g/mol. The van der Waals surface area contributed by atoms with Gasteiger partial charge in [-0.3, -0.25) is 14.3 Å². The van der Waals surface area contributed by atoms with Crippen LogP contribution in [0.25, 0.3) is 0 Å². The van der Waals surface area contributed by atoms with Crippen molar-refractivity contribution in [2.24, 2.45) is 0 Å². The summed E-state index contributed by atoms with van der Waals surface area (Å²) < 4.78 is 32.6. The first-order chi connectivity index (χ1) is 15.3. The van der Waals surface area contributed by atoms with Crippen molar-refractivity contribution in [1.29, 1.82) is 0 Å². The van der Waals surface area contributed by atoms with Gasteiger partial charge >= 0.3 is 0 Å². The van der Waals surface area contributed by atoms with Crippen molar-refractivity contribution >= 4 is 44.8 Å². The SMILES string of the molecule is COc1ccc(NS(=O)(=O)c2ccc(C(=O)NCC(=O)Nc3ccc(Cl)cc3)cc2)cc1. The van der Waals surface area contributed by atoms with Gasteiger partial charge in [0.15, 0.2) is 0 Å². The Morgan fingerprint density at radius 3 is 2.06 bits per heavy atom. The average Bonchev–Trinajstić information content (AvgIpc) is 2.79. The normalized spacial score (nSPS) is 10.8. The zero-order chi connectivity index (χ0) is 23.1. The Morgan fingerprint density at radius 1 is 0.875 bits per heavy atom. The topological polar surface area (TPSA) is 114 Å². The van der Waals surface area contributed by atoms with E-state index >= 15 is 0 Å². The first-order valence-electron chi connectivity index (χ1n) is 9.37. The molecule has 32 heavy (non-hydrogen) atoms. The maximum absolute atomic E-state index is 12.5. The van der Waals surface area contributed by atoms with Crippen LogP contribution in [0.4, 0.5) is 11.4 Å². The van der Waals surface area contributed by atoms with Gasteiger partial charge in [0.25, 0.3) is 15.9 Å². The number of sulfonamides is 1. The van der Waals surface area contributed by atoms with Crippen LogP contribution in [0.5, 0.6) is 5.75 Å². The predicted molar refractivity (Wildman–Crippen MR) is 123 cm³/mol. The second-order valence-corrected chi connectivity index (χ2v) is 8.71. The molecule has 3 aromatic carbocycles. The fraction of sp³-hybridized carbons (Fsp3) is 0.0909. The summed E-state index contributed by atoms with van der Waals surface area (Å²) in [5, 5.41) is 5.66. The molecule has 0 aliphatic rings. The van der Waals surface area contributed by atoms with Crippen LogP contribution in [0, 0.1) is 0 Å². The molecular formula is C22H20ClN3O5S. The Bertz CT molecular complexity index is 1200. The summed E-state index contributed by atoms with van der Waals surface area (Å²) in [6.45, 7) is -0.249. The highest BCUT2D eigenvalue weighted by molar-refractivity contribution is 7.92. The number of hydrogen-bond acceptors (Lipinski definition) is 5. The van der Waals surface area contributed by atoms with Crippen molar-refractivity contribution in [3.05, 3.63) is 83.4 Å². The minimum Gasteiger partial charge on any atom is -0.497 e. The molecule has 3 aromatic rings. The zero-order valence-corrected chi connectivity index (χ0v) is 18.5. The van der Waals surface area contributed by atoms with Crippen molar-refractivity contribution in [1.82, 2.24) is 5.32 Å². The highest BCUT2D eigenvalue weighted by Gasteiger charge is 2.16. The molecule has 0 saturated carbocycles. The van der Waals surface area contributed by atoms with Gasteiger partial charge in [-0.2, -0.15) is 0 Å². The van der Waals surface area contributed by atoms with E-state index in [4.69, 9.17) is 16.3 Å². The Kier molecular flexibility index (Phi) is 7.34. The largest absolute Gasteiger partial charge is 0.497 e. The van der Waals surface area contributed by atoms with Gasteiger partial charge in [-0.05, 0) is 72.8 Å². The molecule has 0 aliphatic carbocycles. The lowest BCUT2D eigenvalue weighted by molar-refractivity contribution is -0.115. The molecule has 0 atom stereocenters. The van der Waals surface area contributed by atoms with Crippen LogP contribution in [0.3, 0.4) is 0 Å². The van der Waals surface area contributed by atoms with Crippen LogP contribution in [0.1, 0.15) is 10.4 Å². The number of carbonyl (C=O) groups is 2. The van der Waals surface area contributed by atoms with Gasteiger partial charge in [-0.15, -0.1) is 0 Å². The molecule has 2 amide bonds. The van der Waals surface area contributed by atoms with Gasteiger partial charge in [-0.1, -0.05) is 11.6 Å². The van der Waals surface area contributed by atoms with E-state index in [-0.39, 0.29) is 17.0 Å². The molecule has 0 aliphatic heterocycles. The van der Waals surface area contributed by atoms with Gasteiger partial charge in [0, 0.05) is 22.0 Å². The fourth-order valence-corrected chi connectivity index (χ4v) is 3.84. The second-order valence-electron chi connectivity index (χ2n) is 6.60. The van der Waals surface area contributed by atoms with Gasteiger partial charge in [0.1, 0.15) is 5.75 Å². The van der Waals surface area contributed by atoms with Crippen molar-refractivity contribution < 1.29 is 22.7 Å². The standard InChI is InChI=1S/C22H20ClN3O5S/c1-31-19-10-8-18(9-11-19)26-32(29,30)20-12-2-15(3-13-20)22(28)24-14-21(27)25-17-6-4-16(23)5-7-17/h2-13,26H,14H2,1H3,(H,24,28)(H,25,27). The number of hydrogen-bond donors (Lipinski definition) is 3. The summed E-state index contributed by atoms with van der Waals surface area (Å²) in [6.07, 6.45) is 0. The van der Waals surface area contributed by atoms with E-state index in [1.165, 1.54) is 31.4 Å². The first-order valence-corrected chi connectivity index (χ1v) is 11.2. The number of methoxy groups -OCH3 is 1. The summed E-state index contributed by atoms with van der Waals surface area (Å²) in [7, 11) is -2.32. The number of nitrogens with one attached hydrogen (secondary N) is 3. The molecule has 0 radical (unpaired) electrons. The smallest absolute Gasteiger partial charge is 0.261 e. The summed E-state index contributed by atoms with van der Waals surface area (Å²) in [4.78, 5) is 24.2. The maximum atomic E-state index is 12.5. The number of carbonyl (C=O) groups excluding carboxylic acids is 2. The van der Waals surface area contributed by atoms with Crippen LogP contribution in [0.2, 0.25) is 5.02 Å². The first kappa shape index (κ1) is 23.1. The number of amides is 2. The minimum atomic E-state index is -3.83. The molecule has 10 heteroatoms. The van der Waals surface area contributed by atoms with Crippen LogP contribution in [-0.2, 0) is 14.8 Å². The van der Waals surface area contributed by atoms with Gasteiger partial charge in [-0.25, -0.2) is 8.42 Å². The summed E-state index contributed by atoms with van der Waals surface area (Å²) >= 11 is 5.79. The Morgan fingerprint density at radius 2 is 1.47 bits per heavy atom. The second kappa shape index (κ2) is 10.2. The number of rotatable bonds is 8. The Hall–Kier alpha value is -3.56. The van der Waals surface area contributed by atoms with E-state index in [1.54, 1.807) is 48.5 Å². The molecule has 0 fully saturated rings. The fourth-order valence-electron chi connectivity index (χ4n) is 2.66. The van der Waals surface area contributed by atoms with E-state index in [2.05, 4.69) is 15.4 Å². The molecule has 0 unspecified atom stereocenters. The van der Waals surface area contributed by atoms with Gasteiger partial charge in [0.05, 0.1) is 18.6 Å². The lowest BCUT2D eigenvalue weighted by Crippen LogP contribution is -2.32. The lowest BCUT2D eigenvalue weighted by atomic mass is 10.2. The van der Waals surface area contributed by atoms with Crippen molar-refractivity contribution in [2.45, 2.75) is 4.90 Å². The average molecular weight is 474 g/mol. The van der Waals surface area contributed by atoms with Crippen LogP contribution >= 0.6 is 11.6 Å². The van der Waals surface area contributed by atoms with Gasteiger partial charge < -0.3 is 15.4 Å². The summed E-state index contributed by atoms with van der Waals surface area (Å²) in [6, 6.07) is 18.3. The molecule has 0 spiro atoms. The highest BCUT2D eigenvalue weighted by atomic mass is 35.5. The third kappa shape index (κ3) is 6.22. The van der Waals surface area contributed by atoms with E-state index in [0.29, 0.717) is 22.1 Å². The molecule has 0 saturated heterocycles. The van der Waals surface area contributed by atoms with Gasteiger partial charge in [0.2, 0.25) is 5.91 Å².